The third-order valence-corrected chi connectivity index (χ3v) is 2.30. The Morgan fingerprint density at radius 3 is 2.33 bits per heavy atom. The molecule has 0 spiro atoms. The van der Waals surface area contributed by atoms with E-state index in [4.69, 9.17) is 0 Å². The van der Waals surface area contributed by atoms with Gasteiger partial charge in [0.1, 0.15) is 0 Å². The molecule has 3 heteroatoms. The molecule has 68 valence electrons. The molecule has 12 heavy (non-hydrogen) atoms. The molecule has 0 fully saturated rings. The molecule has 0 bridgehead atoms. The fraction of sp³-hybridized carbons (Fsp3) is 0.333. The van der Waals surface area contributed by atoms with Gasteiger partial charge in [-0.3, -0.25) is 0 Å². The second-order valence-electron chi connectivity index (χ2n) is 2.48. The smallest absolute Gasteiger partial charge is 0.0130 e. The van der Waals surface area contributed by atoms with E-state index < -0.39 is 0 Å². The van der Waals surface area contributed by atoms with Gasteiger partial charge >= 0.3 is 0 Å². The Balaban J connectivity index is 0.00000121. The van der Waals surface area contributed by atoms with Crippen molar-refractivity contribution in [2.24, 2.45) is 0 Å². The normalized spacial score (nSPS) is 9.17. The molecule has 0 saturated carbocycles. The molecule has 0 aliphatic carbocycles. The van der Waals surface area contributed by atoms with Gasteiger partial charge in [-0.15, -0.1) is 12.4 Å². The lowest BCUT2D eigenvalue weighted by atomic mass is 10.2. The van der Waals surface area contributed by atoms with Crippen molar-refractivity contribution in [1.29, 1.82) is 0 Å². The number of hydrogen-bond acceptors (Lipinski definition) is 1. The predicted octanol–water partition coefficient (Wildman–Crippen LogP) is 2.47. The molecule has 0 aliphatic heterocycles. The van der Waals surface area contributed by atoms with Crippen LogP contribution in [0.5, 0.6) is 0 Å². The Labute approximate surface area is 93.5 Å². The molecule has 1 aromatic rings. The molecule has 0 atom stereocenters. The first-order valence-corrected chi connectivity index (χ1v) is 4.80. The molecular weight excluding hydrogens is 284 g/mol. The summed E-state index contributed by atoms with van der Waals surface area (Å²) >= 11 is 2.32. The summed E-state index contributed by atoms with van der Waals surface area (Å²) < 4.78 is 1.30. The van der Waals surface area contributed by atoms with E-state index in [1.807, 2.05) is 7.05 Å². The topological polar surface area (TPSA) is 12.0 Å². The van der Waals surface area contributed by atoms with E-state index in [1.54, 1.807) is 0 Å². The highest BCUT2D eigenvalue weighted by molar-refractivity contribution is 14.1. The Kier molecular flexibility index (Phi) is 6.80. The quantitative estimate of drug-likeness (QED) is 0.845. The van der Waals surface area contributed by atoms with E-state index in [0.717, 1.165) is 13.0 Å². The number of nitrogens with one attached hydrogen (secondary N) is 1. The van der Waals surface area contributed by atoms with Crippen LogP contribution in [0, 0.1) is 3.57 Å². The van der Waals surface area contributed by atoms with Crippen molar-refractivity contribution in [3.05, 3.63) is 33.4 Å². The fourth-order valence-electron chi connectivity index (χ4n) is 0.920. The van der Waals surface area contributed by atoms with Gasteiger partial charge in [0, 0.05) is 3.57 Å². The summed E-state index contributed by atoms with van der Waals surface area (Å²) in [5.41, 5.74) is 1.40. The number of likely N-dealkylation sites (N-methyl/N-ethyl adjacent to an activating group) is 1. The lowest BCUT2D eigenvalue weighted by Crippen LogP contribution is -2.10. The Hall–Kier alpha value is 0.200. The molecule has 0 saturated heterocycles. The van der Waals surface area contributed by atoms with E-state index in [1.165, 1.54) is 9.13 Å². The maximum atomic E-state index is 3.13. The first-order valence-electron chi connectivity index (χ1n) is 3.72. The van der Waals surface area contributed by atoms with Crippen LogP contribution >= 0.6 is 35.0 Å². The van der Waals surface area contributed by atoms with Crippen LogP contribution < -0.4 is 5.32 Å². The van der Waals surface area contributed by atoms with Crippen LogP contribution in [0.2, 0.25) is 0 Å². The summed E-state index contributed by atoms with van der Waals surface area (Å²) in [5.74, 6) is 0. The minimum Gasteiger partial charge on any atom is -0.319 e. The van der Waals surface area contributed by atoms with Gasteiger partial charge in [-0.2, -0.15) is 0 Å². The second-order valence-corrected chi connectivity index (χ2v) is 3.73. The lowest BCUT2D eigenvalue weighted by Gasteiger charge is -1.99. The highest BCUT2D eigenvalue weighted by Gasteiger charge is 1.90. The lowest BCUT2D eigenvalue weighted by molar-refractivity contribution is 0.792. The van der Waals surface area contributed by atoms with Gasteiger partial charge in [0.25, 0.3) is 0 Å². The van der Waals surface area contributed by atoms with Crippen LogP contribution in [-0.2, 0) is 6.42 Å². The molecule has 1 aromatic carbocycles. The molecule has 0 heterocycles. The van der Waals surface area contributed by atoms with E-state index >= 15 is 0 Å². The van der Waals surface area contributed by atoms with Crippen molar-refractivity contribution in [2.75, 3.05) is 13.6 Å². The van der Waals surface area contributed by atoms with Crippen LogP contribution in [0.3, 0.4) is 0 Å². The summed E-state index contributed by atoms with van der Waals surface area (Å²) in [4.78, 5) is 0. The predicted molar refractivity (Wildman–Crippen MR) is 64.0 cm³/mol. The zero-order chi connectivity index (χ0) is 8.10. The first-order chi connectivity index (χ1) is 5.33. The van der Waals surface area contributed by atoms with Crippen molar-refractivity contribution >= 4 is 35.0 Å². The Morgan fingerprint density at radius 2 is 1.83 bits per heavy atom. The molecular formula is C9H13ClIN. The number of rotatable bonds is 3. The largest absolute Gasteiger partial charge is 0.319 e. The number of benzene rings is 1. The van der Waals surface area contributed by atoms with Gasteiger partial charge in [0.2, 0.25) is 0 Å². The molecule has 0 radical (unpaired) electrons. The zero-order valence-corrected chi connectivity index (χ0v) is 9.98. The van der Waals surface area contributed by atoms with Crippen molar-refractivity contribution in [3.63, 3.8) is 0 Å². The van der Waals surface area contributed by atoms with E-state index in [9.17, 15) is 0 Å². The summed E-state index contributed by atoms with van der Waals surface area (Å²) in [6.07, 6.45) is 1.12. The molecule has 0 aliphatic rings. The summed E-state index contributed by atoms with van der Waals surface area (Å²) in [5, 5.41) is 3.13. The molecule has 1 rings (SSSR count). The standard InChI is InChI=1S/C9H12IN.ClH/c1-11-7-6-8-2-4-9(10)5-3-8;/h2-5,11H,6-7H2,1H3;1H. The first kappa shape index (κ1) is 12.2. The van der Waals surface area contributed by atoms with Crippen LogP contribution in [0.4, 0.5) is 0 Å². The van der Waals surface area contributed by atoms with E-state index in [0.29, 0.717) is 0 Å². The Morgan fingerprint density at radius 1 is 1.25 bits per heavy atom. The van der Waals surface area contributed by atoms with Crippen molar-refractivity contribution in [3.8, 4) is 0 Å². The van der Waals surface area contributed by atoms with Gasteiger partial charge in [-0.25, -0.2) is 0 Å². The second kappa shape index (κ2) is 6.69. The molecule has 0 aromatic heterocycles. The minimum absolute atomic E-state index is 0. The maximum Gasteiger partial charge on any atom is 0.0130 e. The third-order valence-electron chi connectivity index (χ3n) is 1.58. The van der Waals surface area contributed by atoms with Gasteiger partial charge < -0.3 is 5.32 Å². The van der Waals surface area contributed by atoms with E-state index in [2.05, 4.69) is 52.2 Å². The summed E-state index contributed by atoms with van der Waals surface area (Å²) in [6.45, 7) is 1.06. The van der Waals surface area contributed by atoms with Gasteiger partial charge in [-0.05, 0) is 60.3 Å². The minimum atomic E-state index is 0. The summed E-state index contributed by atoms with van der Waals surface area (Å²) in [7, 11) is 1.98. The van der Waals surface area contributed by atoms with Crippen LogP contribution in [-0.4, -0.2) is 13.6 Å². The van der Waals surface area contributed by atoms with Gasteiger partial charge in [-0.1, -0.05) is 12.1 Å². The molecule has 0 amide bonds. The molecule has 1 N–H and O–H groups in total. The average molecular weight is 298 g/mol. The monoisotopic (exact) mass is 297 g/mol. The average Bonchev–Trinajstić information content (AvgIpc) is 2.04. The highest BCUT2D eigenvalue weighted by Crippen LogP contribution is 2.06. The fourth-order valence-corrected chi connectivity index (χ4v) is 1.28. The SMILES string of the molecule is CNCCc1ccc(I)cc1.Cl. The van der Waals surface area contributed by atoms with Crippen LogP contribution in [0.15, 0.2) is 24.3 Å². The van der Waals surface area contributed by atoms with Crippen molar-refractivity contribution in [2.45, 2.75) is 6.42 Å². The van der Waals surface area contributed by atoms with Gasteiger partial charge in [0.05, 0.1) is 0 Å². The van der Waals surface area contributed by atoms with Crippen molar-refractivity contribution in [1.82, 2.24) is 5.32 Å². The number of hydrogen-bond donors (Lipinski definition) is 1. The molecule has 1 nitrogen and oxygen atoms in total. The molecule has 0 unspecified atom stereocenters. The van der Waals surface area contributed by atoms with E-state index in [-0.39, 0.29) is 12.4 Å². The maximum absolute atomic E-state index is 3.13. The number of halogens is 2. The third kappa shape index (κ3) is 4.28. The van der Waals surface area contributed by atoms with Crippen molar-refractivity contribution < 1.29 is 0 Å². The van der Waals surface area contributed by atoms with Crippen LogP contribution in [0.25, 0.3) is 0 Å². The van der Waals surface area contributed by atoms with Crippen LogP contribution in [0.1, 0.15) is 5.56 Å². The highest BCUT2D eigenvalue weighted by atomic mass is 127. The summed E-state index contributed by atoms with van der Waals surface area (Å²) in [6, 6.07) is 8.65. The zero-order valence-electron chi connectivity index (χ0n) is 7.01. The Bertz CT molecular complexity index is 210. The van der Waals surface area contributed by atoms with Gasteiger partial charge in [0.15, 0.2) is 0 Å².